The number of rotatable bonds is 4. The van der Waals surface area contributed by atoms with E-state index in [0.717, 1.165) is 0 Å². The highest BCUT2D eigenvalue weighted by Gasteiger charge is 2.18. The Morgan fingerprint density at radius 2 is 1.94 bits per heavy atom. The third kappa shape index (κ3) is 7.45. The lowest BCUT2D eigenvalue weighted by molar-refractivity contribution is -0.157. The van der Waals surface area contributed by atoms with Crippen LogP contribution in [-0.2, 0) is 14.3 Å². The summed E-state index contributed by atoms with van der Waals surface area (Å²) in [5, 5.41) is 0.610. The second kappa shape index (κ2) is 6.68. The average Bonchev–Trinajstić information content (AvgIpc) is 2.10. The number of hydrogen-bond acceptors (Lipinski definition) is 3. The number of alkyl halides is 1. The summed E-state index contributed by atoms with van der Waals surface area (Å²) in [4.78, 5) is 24.1. The number of ether oxygens (including phenoxy) is 1. The van der Waals surface area contributed by atoms with Gasteiger partial charge in [0.05, 0.1) is 0 Å². The fourth-order valence-corrected chi connectivity index (χ4v) is 1.10. The van der Waals surface area contributed by atoms with Crippen LogP contribution < -0.4 is 0 Å². The number of carbonyl (C=O) groups excluding carboxylic acids is 2. The van der Waals surface area contributed by atoms with Crippen molar-refractivity contribution in [3.63, 3.8) is 0 Å². The summed E-state index contributed by atoms with van der Waals surface area (Å²) in [7, 11) is 1.56. The predicted octanol–water partition coefficient (Wildman–Crippen LogP) is 1.74. The fourth-order valence-electron chi connectivity index (χ4n) is 0.918. The van der Waals surface area contributed by atoms with E-state index in [-0.39, 0.29) is 12.5 Å². The van der Waals surface area contributed by atoms with Gasteiger partial charge in [-0.15, -0.1) is 0 Å². The zero-order chi connectivity index (χ0) is 12.8. The predicted molar refractivity (Wildman–Crippen MR) is 66.4 cm³/mol. The zero-order valence-corrected chi connectivity index (χ0v) is 11.7. The largest absolute Gasteiger partial charge is 0.459 e. The van der Waals surface area contributed by atoms with Gasteiger partial charge in [-0.1, -0.05) is 22.0 Å². The second-order valence-electron chi connectivity index (χ2n) is 4.34. The number of halogens is 1. The molecule has 0 saturated heterocycles. The first kappa shape index (κ1) is 15.2. The van der Waals surface area contributed by atoms with Gasteiger partial charge in [0.1, 0.15) is 12.1 Å². The first-order valence-corrected chi connectivity index (χ1v) is 6.08. The Kier molecular flexibility index (Phi) is 6.33. The molecule has 0 heterocycles. The van der Waals surface area contributed by atoms with Crippen molar-refractivity contribution >= 4 is 27.8 Å². The van der Waals surface area contributed by atoms with Gasteiger partial charge in [-0.25, -0.2) is 0 Å². The molecule has 0 N–H and O–H groups in total. The van der Waals surface area contributed by atoms with E-state index >= 15 is 0 Å². The van der Waals surface area contributed by atoms with Crippen LogP contribution in [0.5, 0.6) is 0 Å². The van der Waals surface area contributed by atoms with Gasteiger partial charge >= 0.3 is 5.97 Å². The van der Waals surface area contributed by atoms with Gasteiger partial charge < -0.3 is 9.64 Å². The molecule has 0 aromatic carbocycles. The molecule has 0 rings (SSSR count). The second-order valence-corrected chi connectivity index (χ2v) is 4.98. The van der Waals surface area contributed by atoms with Gasteiger partial charge in [-0.2, -0.15) is 0 Å². The van der Waals surface area contributed by atoms with Crippen molar-refractivity contribution in [3.05, 3.63) is 12.2 Å². The Morgan fingerprint density at radius 1 is 1.38 bits per heavy atom. The summed E-state index contributed by atoms with van der Waals surface area (Å²) in [6.07, 6.45) is 3.09. The maximum Gasteiger partial charge on any atom is 0.326 e. The van der Waals surface area contributed by atoms with Crippen LogP contribution in [-0.4, -0.2) is 41.3 Å². The molecule has 4 nitrogen and oxygen atoms in total. The molecule has 0 aliphatic heterocycles. The number of amides is 1. The van der Waals surface area contributed by atoms with Crippen molar-refractivity contribution in [1.29, 1.82) is 0 Å². The molecule has 5 heteroatoms. The van der Waals surface area contributed by atoms with Crippen LogP contribution in [0.15, 0.2) is 12.2 Å². The highest BCUT2D eigenvalue weighted by Crippen LogP contribution is 2.07. The number of likely N-dealkylation sites (N-methyl/N-ethyl adjacent to an activating group) is 1. The van der Waals surface area contributed by atoms with Crippen LogP contribution >= 0.6 is 15.9 Å². The minimum Gasteiger partial charge on any atom is -0.459 e. The van der Waals surface area contributed by atoms with Crippen molar-refractivity contribution in [1.82, 2.24) is 4.90 Å². The van der Waals surface area contributed by atoms with Crippen LogP contribution in [0, 0.1) is 0 Å². The van der Waals surface area contributed by atoms with Crippen molar-refractivity contribution in [2.75, 3.05) is 18.9 Å². The van der Waals surface area contributed by atoms with E-state index in [4.69, 9.17) is 4.74 Å². The number of esters is 1. The Balaban J connectivity index is 4.14. The molecular formula is C11H18BrNO3. The normalized spacial score (nSPS) is 11.6. The molecule has 0 radical (unpaired) electrons. The summed E-state index contributed by atoms with van der Waals surface area (Å²) in [5.41, 5.74) is -0.521. The Bertz CT molecular complexity index is 281. The zero-order valence-electron chi connectivity index (χ0n) is 10.1. The summed E-state index contributed by atoms with van der Waals surface area (Å²) >= 11 is 3.17. The quantitative estimate of drug-likeness (QED) is 0.450. The summed E-state index contributed by atoms with van der Waals surface area (Å²) in [5.74, 6) is -0.624. The SMILES string of the molecule is CN(CC(=O)OC(C)(C)C)C(=O)/C=C/CBr. The lowest BCUT2D eigenvalue weighted by Gasteiger charge is -2.22. The van der Waals surface area contributed by atoms with Crippen molar-refractivity contribution in [3.8, 4) is 0 Å². The number of carbonyl (C=O) groups is 2. The van der Waals surface area contributed by atoms with Crippen molar-refractivity contribution < 1.29 is 14.3 Å². The molecule has 1 amide bonds. The minimum absolute atomic E-state index is 0.0390. The molecule has 0 bridgehead atoms. The molecule has 0 unspecified atom stereocenters. The first-order chi connectivity index (χ1) is 7.26. The molecular weight excluding hydrogens is 274 g/mol. The Morgan fingerprint density at radius 3 is 2.38 bits per heavy atom. The molecule has 0 aliphatic rings. The Hall–Kier alpha value is -0.840. The van der Waals surface area contributed by atoms with Gasteiger partial charge in [0.15, 0.2) is 0 Å². The van der Waals surface area contributed by atoms with Crippen LogP contribution in [0.3, 0.4) is 0 Å². The van der Waals surface area contributed by atoms with Gasteiger partial charge in [-0.05, 0) is 26.8 Å². The molecule has 0 spiro atoms. The van der Waals surface area contributed by atoms with E-state index in [2.05, 4.69) is 15.9 Å². The number of allylic oxidation sites excluding steroid dienone is 1. The Labute approximate surface area is 105 Å². The highest BCUT2D eigenvalue weighted by atomic mass is 79.9. The van der Waals surface area contributed by atoms with Gasteiger partial charge in [-0.3, -0.25) is 9.59 Å². The number of nitrogens with zero attached hydrogens (tertiary/aromatic N) is 1. The summed E-state index contributed by atoms with van der Waals surface area (Å²) < 4.78 is 5.10. The van der Waals surface area contributed by atoms with Crippen LogP contribution in [0.1, 0.15) is 20.8 Å². The van der Waals surface area contributed by atoms with Crippen LogP contribution in [0.2, 0.25) is 0 Å². The molecule has 16 heavy (non-hydrogen) atoms. The lowest BCUT2D eigenvalue weighted by Crippen LogP contribution is -2.35. The minimum atomic E-state index is -0.521. The van der Waals surface area contributed by atoms with Crippen LogP contribution in [0.25, 0.3) is 0 Å². The van der Waals surface area contributed by atoms with E-state index in [1.807, 2.05) is 0 Å². The van der Waals surface area contributed by atoms with Gasteiger partial charge in [0.2, 0.25) is 5.91 Å². The fraction of sp³-hybridized carbons (Fsp3) is 0.636. The molecule has 92 valence electrons. The third-order valence-electron chi connectivity index (χ3n) is 1.51. The molecule has 0 aromatic rings. The number of hydrogen-bond donors (Lipinski definition) is 0. The maximum atomic E-state index is 11.4. The van der Waals surface area contributed by atoms with E-state index in [0.29, 0.717) is 5.33 Å². The van der Waals surface area contributed by atoms with E-state index in [9.17, 15) is 9.59 Å². The molecule has 0 saturated carbocycles. The standard InChI is InChI=1S/C11H18BrNO3/c1-11(2,3)16-10(15)8-13(4)9(14)6-5-7-12/h5-6H,7-8H2,1-4H3/b6-5+. The van der Waals surface area contributed by atoms with Crippen LogP contribution in [0.4, 0.5) is 0 Å². The maximum absolute atomic E-state index is 11.4. The lowest BCUT2D eigenvalue weighted by atomic mass is 10.2. The summed E-state index contributed by atoms with van der Waals surface area (Å²) in [6, 6.07) is 0. The smallest absolute Gasteiger partial charge is 0.326 e. The first-order valence-electron chi connectivity index (χ1n) is 4.95. The topological polar surface area (TPSA) is 46.6 Å². The van der Waals surface area contributed by atoms with E-state index < -0.39 is 11.6 Å². The van der Waals surface area contributed by atoms with Gasteiger partial charge in [0.25, 0.3) is 0 Å². The molecule has 0 aliphatic carbocycles. The van der Waals surface area contributed by atoms with Gasteiger partial charge in [0, 0.05) is 12.4 Å². The molecule has 0 aromatic heterocycles. The average molecular weight is 292 g/mol. The highest BCUT2D eigenvalue weighted by molar-refractivity contribution is 9.09. The van der Waals surface area contributed by atoms with E-state index in [1.165, 1.54) is 11.0 Å². The van der Waals surface area contributed by atoms with Crippen molar-refractivity contribution in [2.45, 2.75) is 26.4 Å². The monoisotopic (exact) mass is 291 g/mol. The summed E-state index contributed by atoms with van der Waals surface area (Å²) in [6.45, 7) is 5.33. The molecule has 0 fully saturated rings. The van der Waals surface area contributed by atoms with E-state index in [1.54, 1.807) is 33.9 Å². The van der Waals surface area contributed by atoms with Crippen molar-refractivity contribution in [2.24, 2.45) is 0 Å². The molecule has 0 atom stereocenters. The third-order valence-corrected chi connectivity index (χ3v) is 1.89.